The molecule has 9 heteroatoms. The summed E-state index contributed by atoms with van der Waals surface area (Å²) in [5.41, 5.74) is 0.407. The van der Waals surface area contributed by atoms with Gasteiger partial charge in [-0.1, -0.05) is 0 Å². The van der Waals surface area contributed by atoms with Gasteiger partial charge in [0.25, 0.3) is 5.15 Å². The van der Waals surface area contributed by atoms with Gasteiger partial charge >= 0.3 is 5.82 Å². The third-order valence-electron chi connectivity index (χ3n) is 2.16. The van der Waals surface area contributed by atoms with E-state index in [2.05, 4.69) is 15.3 Å². The number of rotatable bonds is 5. The summed E-state index contributed by atoms with van der Waals surface area (Å²) in [6, 6.07) is 0. The second kappa shape index (κ2) is 6.39. The second-order valence-electron chi connectivity index (χ2n) is 4.12. The number of carbonyl (C=O) groups is 1. The highest BCUT2D eigenvalue weighted by Crippen LogP contribution is 2.24. The predicted molar refractivity (Wildman–Crippen MR) is 70.3 cm³/mol. The lowest BCUT2D eigenvalue weighted by Gasteiger charge is -2.09. The maximum atomic E-state index is 11.0. The normalized spacial score (nSPS) is 10.6. The lowest BCUT2D eigenvalue weighted by atomic mass is 10.3. The summed E-state index contributed by atoms with van der Waals surface area (Å²) >= 11 is 5.86. The molecule has 0 aromatic carbocycles. The molecule has 0 radical (unpaired) electrons. The van der Waals surface area contributed by atoms with Crippen molar-refractivity contribution in [2.45, 2.75) is 13.3 Å². The highest BCUT2D eigenvalue weighted by Gasteiger charge is 2.23. The molecule has 0 fully saturated rings. The minimum absolute atomic E-state index is 0.0253. The Morgan fingerprint density at radius 1 is 1.47 bits per heavy atom. The zero-order valence-corrected chi connectivity index (χ0v) is 11.6. The van der Waals surface area contributed by atoms with Gasteiger partial charge in [-0.2, -0.15) is 0 Å². The van der Waals surface area contributed by atoms with E-state index in [1.807, 2.05) is 19.0 Å². The van der Waals surface area contributed by atoms with Gasteiger partial charge in [-0.3, -0.25) is 4.79 Å². The number of nitrogens with zero attached hydrogens (tertiary/aromatic N) is 4. The van der Waals surface area contributed by atoms with E-state index in [1.54, 1.807) is 0 Å². The van der Waals surface area contributed by atoms with Crippen LogP contribution in [-0.2, 0) is 11.2 Å². The Hall–Kier alpha value is -1.80. The summed E-state index contributed by atoms with van der Waals surface area (Å²) < 4.78 is 0. The van der Waals surface area contributed by atoms with Crippen LogP contribution in [0.4, 0.5) is 11.6 Å². The first-order valence-electron chi connectivity index (χ1n) is 5.44. The van der Waals surface area contributed by atoms with Crippen LogP contribution in [-0.4, -0.2) is 46.3 Å². The van der Waals surface area contributed by atoms with E-state index in [4.69, 9.17) is 11.6 Å². The number of nitro groups is 1. The Labute approximate surface area is 114 Å². The molecule has 1 rings (SSSR count). The third kappa shape index (κ3) is 4.42. The Morgan fingerprint density at radius 2 is 2.11 bits per heavy atom. The summed E-state index contributed by atoms with van der Waals surface area (Å²) in [7, 11) is 3.75. The van der Waals surface area contributed by atoms with Crippen molar-refractivity contribution in [1.29, 1.82) is 0 Å². The van der Waals surface area contributed by atoms with Gasteiger partial charge in [-0.05, 0) is 35.6 Å². The van der Waals surface area contributed by atoms with E-state index in [1.165, 1.54) is 6.92 Å². The predicted octanol–water partition coefficient (Wildman–Crippen LogP) is 1.10. The minimum atomic E-state index is -0.736. The average molecular weight is 288 g/mol. The molecule has 1 aromatic rings. The number of hydrogen-bond acceptors (Lipinski definition) is 6. The van der Waals surface area contributed by atoms with Gasteiger partial charge in [0.15, 0.2) is 0 Å². The molecule has 1 aromatic heterocycles. The number of halogens is 1. The fraction of sp³-hybridized carbons (Fsp3) is 0.500. The van der Waals surface area contributed by atoms with E-state index >= 15 is 0 Å². The fourth-order valence-corrected chi connectivity index (χ4v) is 1.52. The van der Waals surface area contributed by atoms with Crippen LogP contribution in [0.2, 0.25) is 5.15 Å². The van der Waals surface area contributed by atoms with Crippen molar-refractivity contribution in [3.05, 3.63) is 21.0 Å². The average Bonchev–Trinajstić information content (AvgIpc) is 2.28. The summed E-state index contributed by atoms with van der Waals surface area (Å²) in [6.07, 6.45) is 0.476. The molecule has 0 bridgehead atoms. The molecule has 0 aliphatic rings. The molecule has 0 spiro atoms. The molecule has 19 heavy (non-hydrogen) atoms. The molecule has 0 unspecified atom stereocenters. The molecule has 104 valence electrons. The highest BCUT2D eigenvalue weighted by atomic mass is 35.5. The Morgan fingerprint density at radius 3 is 2.58 bits per heavy atom. The van der Waals surface area contributed by atoms with Crippen LogP contribution in [0.15, 0.2) is 0 Å². The van der Waals surface area contributed by atoms with Crippen molar-refractivity contribution in [3.63, 3.8) is 0 Å². The van der Waals surface area contributed by atoms with Crippen molar-refractivity contribution >= 4 is 29.1 Å². The van der Waals surface area contributed by atoms with E-state index in [-0.39, 0.29) is 11.0 Å². The Bertz CT molecular complexity index is 506. The number of likely N-dealkylation sites (N-methyl/N-ethyl adjacent to an activating group) is 1. The number of hydrogen-bond donors (Lipinski definition) is 1. The topological polar surface area (TPSA) is 101 Å². The van der Waals surface area contributed by atoms with Gasteiger partial charge in [-0.25, -0.2) is 4.98 Å². The third-order valence-corrected chi connectivity index (χ3v) is 2.47. The van der Waals surface area contributed by atoms with Gasteiger partial charge in [0.05, 0.1) is 0 Å². The smallest absolute Gasteiger partial charge is 0.358 e. The number of carbonyl (C=O) groups excluding carboxylic acids is 1. The van der Waals surface area contributed by atoms with E-state index in [0.717, 1.165) is 0 Å². The number of amides is 1. The van der Waals surface area contributed by atoms with Crippen LogP contribution in [0, 0.1) is 10.1 Å². The lowest BCUT2D eigenvalue weighted by molar-refractivity contribution is -0.388. The number of aromatic nitrogens is 2. The largest absolute Gasteiger partial charge is 0.408 e. The molecule has 0 saturated carbocycles. The number of nitrogens with one attached hydrogen (secondary N) is 1. The van der Waals surface area contributed by atoms with Crippen LogP contribution >= 0.6 is 11.6 Å². The molecule has 0 atom stereocenters. The molecule has 0 aliphatic heterocycles. The molecular formula is C10H14ClN5O3. The van der Waals surface area contributed by atoms with Crippen LogP contribution in [0.1, 0.15) is 12.6 Å². The zero-order valence-electron chi connectivity index (χ0n) is 10.8. The highest BCUT2D eigenvalue weighted by molar-refractivity contribution is 6.30. The van der Waals surface area contributed by atoms with Crippen LogP contribution < -0.4 is 5.32 Å². The van der Waals surface area contributed by atoms with Gasteiger partial charge < -0.3 is 20.3 Å². The van der Waals surface area contributed by atoms with E-state index in [9.17, 15) is 14.9 Å². The molecule has 1 amide bonds. The van der Waals surface area contributed by atoms with Gasteiger partial charge in [0.1, 0.15) is 5.69 Å². The van der Waals surface area contributed by atoms with Gasteiger partial charge in [0.2, 0.25) is 11.7 Å². The van der Waals surface area contributed by atoms with Gasteiger partial charge in [-0.15, -0.1) is 0 Å². The van der Waals surface area contributed by atoms with Gasteiger partial charge in [0, 0.05) is 19.9 Å². The summed E-state index contributed by atoms with van der Waals surface area (Å²) in [4.78, 5) is 30.7. The van der Waals surface area contributed by atoms with Crippen molar-refractivity contribution < 1.29 is 9.72 Å². The van der Waals surface area contributed by atoms with Crippen LogP contribution in [0.25, 0.3) is 0 Å². The summed E-state index contributed by atoms with van der Waals surface area (Å²) in [5.74, 6) is -1.21. The van der Waals surface area contributed by atoms with Crippen molar-refractivity contribution in [1.82, 2.24) is 14.9 Å². The lowest BCUT2D eigenvalue weighted by Crippen LogP contribution is -2.17. The van der Waals surface area contributed by atoms with Crippen molar-refractivity contribution in [2.75, 3.05) is 26.0 Å². The minimum Gasteiger partial charge on any atom is -0.358 e. The maximum Gasteiger partial charge on any atom is 0.408 e. The first-order chi connectivity index (χ1) is 8.81. The van der Waals surface area contributed by atoms with Crippen molar-refractivity contribution in [3.8, 4) is 0 Å². The molecule has 0 aliphatic carbocycles. The maximum absolute atomic E-state index is 11.0. The summed E-state index contributed by atoms with van der Waals surface area (Å²) in [6.45, 7) is 1.89. The second-order valence-corrected chi connectivity index (χ2v) is 4.48. The first kappa shape index (κ1) is 15.3. The van der Waals surface area contributed by atoms with Crippen molar-refractivity contribution in [2.24, 2.45) is 0 Å². The molecular weight excluding hydrogens is 274 g/mol. The molecule has 8 nitrogen and oxygen atoms in total. The Kier molecular flexibility index (Phi) is 5.13. The molecule has 0 saturated heterocycles. The van der Waals surface area contributed by atoms with Crippen LogP contribution in [0.3, 0.4) is 0 Å². The summed E-state index contributed by atoms with van der Waals surface area (Å²) in [5, 5.41) is 13.1. The molecule has 1 heterocycles. The van der Waals surface area contributed by atoms with E-state index < -0.39 is 16.6 Å². The zero-order chi connectivity index (χ0) is 14.6. The first-order valence-corrected chi connectivity index (χ1v) is 5.82. The molecule has 1 N–H and O–H groups in total. The quantitative estimate of drug-likeness (QED) is 0.643. The SMILES string of the molecule is CC(=O)Nc1nc(CCN(C)C)c(Cl)nc1[N+](=O)[O-]. The monoisotopic (exact) mass is 287 g/mol. The number of anilines is 1. The fourth-order valence-electron chi connectivity index (χ4n) is 1.31. The standard InChI is InChI=1S/C10H14ClN5O3/c1-6(17)12-9-10(16(18)19)14-8(11)7(13-9)4-5-15(2)3/h4-5H2,1-3H3,(H,12,13,17). The van der Waals surface area contributed by atoms with Crippen LogP contribution in [0.5, 0.6) is 0 Å². The Balaban J connectivity index is 3.13. The van der Waals surface area contributed by atoms with E-state index in [0.29, 0.717) is 18.7 Å².